The lowest BCUT2D eigenvalue weighted by atomic mass is 10.1. The molecular weight excluding hydrogens is 272 g/mol. The molecule has 0 radical (unpaired) electrons. The zero-order chi connectivity index (χ0) is 14.1. The fourth-order valence-corrected chi connectivity index (χ4v) is 3.07. The number of hydrogen-bond acceptors (Lipinski definition) is 3. The van der Waals surface area contributed by atoms with Gasteiger partial charge < -0.3 is 10.6 Å². The molecule has 1 aromatic carbocycles. The Bertz CT molecular complexity index is 505. The largest absolute Gasteiger partial charge is 0.384 e. The van der Waals surface area contributed by atoms with Gasteiger partial charge in [0.15, 0.2) is 0 Å². The van der Waals surface area contributed by atoms with E-state index < -0.39 is 0 Å². The van der Waals surface area contributed by atoms with Crippen molar-refractivity contribution < 1.29 is 0 Å². The highest BCUT2D eigenvalue weighted by molar-refractivity contribution is 6.33. The normalized spacial score (nSPS) is 20.1. The minimum Gasteiger partial charge on any atom is -0.384 e. The Morgan fingerprint density at radius 3 is 2.50 bits per heavy atom. The minimum atomic E-state index is 0.0627. The zero-order valence-electron chi connectivity index (χ0n) is 11.6. The second-order valence-corrected chi connectivity index (χ2v) is 6.22. The summed E-state index contributed by atoms with van der Waals surface area (Å²) in [6.07, 6.45) is 2.83. The Morgan fingerprint density at radius 1 is 1.25 bits per heavy atom. The summed E-state index contributed by atoms with van der Waals surface area (Å²) in [6.45, 7) is 5.53. The number of nitrogens with two attached hydrogens (primary N) is 1. The van der Waals surface area contributed by atoms with Gasteiger partial charge in [-0.3, -0.25) is 10.3 Å². The van der Waals surface area contributed by atoms with Crippen LogP contribution in [0.15, 0.2) is 18.2 Å². The molecule has 0 aromatic heterocycles. The van der Waals surface area contributed by atoms with Crippen LogP contribution in [0.4, 0.5) is 5.69 Å². The molecule has 3 N–H and O–H groups in total. The number of halogens is 1. The number of anilines is 1. The van der Waals surface area contributed by atoms with Crippen molar-refractivity contribution in [3.63, 3.8) is 0 Å². The molecule has 1 aliphatic carbocycles. The van der Waals surface area contributed by atoms with Crippen LogP contribution in [0.2, 0.25) is 5.02 Å². The van der Waals surface area contributed by atoms with Gasteiger partial charge in [0.25, 0.3) is 0 Å². The molecule has 108 valence electrons. The number of amidine groups is 1. The average molecular weight is 293 g/mol. The van der Waals surface area contributed by atoms with Crippen LogP contribution >= 0.6 is 11.6 Å². The molecule has 0 atom stereocenters. The quantitative estimate of drug-likeness (QED) is 0.660. The first-order chi connectivity index (χ1) is 9.63. The summed E-state index contributed by atoms with van der Waals surface area (Å²) in [6, 6.07) is 5.64. The van der Waals surface area contributed by atoms with Crippen LogP contribution in [0.1, 0.15) is 18.4 Å². The van der Waals surface area contributed by atoms with E-state index in [0.717, 1.165) is 37.8 Å². The molecule has 5 heteroatoms. The van der Waals surface area contributed by atoms with Gasteiger partial charge in [-0.2, -0.15) is 0 Å². The summed E-state index contributed by atoms with van der Waals surface area (Å²) in [5.41, 5.74) is 7.23. The second-order valence-electron chi connectivity index (χ2n) is 5.81. The van der Waals surface area contributed by atoms with Crippen LogP contribution in [-0.4, -0.2) is 43.5 Å². The number of nitrogen functional groups attached to an aromatic ring is 1. The first kappa shape index (κ1) is 13.7. The molecule has 2 aliphatic rings. The van der Waals surface area contributed by atoms with E-state index in [2.05, 4.69) is 9.80 Å². The molecule has 1 heterocycles. The number of piperazine rings is 1. The van der Waals surface area contributed by atoms with Crippen LogP contribution in [0, 0.1) is 11.3 Å². The van der Waals surface area contributed by atoms with Gasteiger partial charge >= 0.3 is 0 Å². The summed E-state index contributed by atoms with van der Waals surface area (Å²) in [7, 11) is 0. The SMILES string of the molecule is N=C(N)c1ccc(N2CCN(CC3CC3)CC2)c(Cl)c1. The standard InChI is InChI=1S/C15H21ClN4/c16-13-9-12(15(17)18)3-4-14(13)20-7-5-19(6-8-20)10-11-1-2-11/h3-4,9,11H,1-2,5-8,10H2,(H3,17,18). The lowest BCUT2D eigenvalue weighted by molar-refractivity contribution is 0.248. The number of nitrogens with one attached hydrogen (secondary N) is 1. The summed E-state index contributed by atoms with van der Waals surface area (Å²) in [5.74, 6) is 1.02. The Balaban J connectivity index is 1.63. The van der Waals surface area contributed by atoms with Gasteiger partial charge in [0.05, 0.1) is 10.7 Å². The molecule has 20 heavy (non-hydrogen) atoms. The highest BCUT2D eigenvalue weighted by Gasteiger charge is 2.26. The third-order valence-corrected chi connectivity index (χ3v) is 4.49. The van der Waals surface area contributed by atoms with Crippen LogP contribution in [-0.2, 0) is 0 Å². The predicted molar refractivity (Wildman–Crippen MR) is 83.8 cm³/mol. The molecule has 1 aromatic rings. The lowest BCUT2D eigenvalue weighted by Crippen LogP contribution is -2.47. The minimum absolute atomic E-state index is 0.0627. The predicted octanol–water partition coefficient (Wildman–Crippen LogP) is 2.16. The lowest BCUT2D eigenvalue weighted by Gasteiger charge is -2.36. The highest BCUT2D eigenvalue weighted by Crippen LogP contribution is 2.31. The maximum atomic E-state index is 7.44. The summed E-state index contributed by atoms with van der Waals surface area (Å²) in [5, 5.41) is 8.13. The molecule has 1 saturated carbocycles. The van der Waals surface area contributed by atoms with Crippen molar-refractivity contribution in [1.29, 1.82) is 5.41 Å². The zero-order valence-corrected chi connectivity index (χ0v) is 12.4. The highest BCUT2D eigenvalue weighted by atomic mass is 35.5. The molecule has 0 bridgehead atoms. The van der Waals surface area contributed by atoms with Crippen molar-refractivity contribution in [2.75, 3.05) is 37.6 Å². The maximum Gasteiger partial charge on any atom is 0.122 e. The van der Waals surface area contributed by atoms with E-state index >= 15 is 0 Å². The van der Waals surface area contributed by atoms with Crippen molar-refractivity contribution in [3.05, 3.63) is 28.8 Å². The Morgan fingerprint density at radius 2 is 1.95 bits per heavy atom. The van der Waals surface area contributed by atoms with Gasteiger partial charge in [0.1, 0.15) is 5.84 Å². The van der Waals surface area contributed by atoms with Gasteiger partial charge in [0, 0.05) is 38.3 Å². The molecule has 2 fully saturated rings. The Hall–Kier alpha value is -1.26. The van der Waals surface area contributed by atoms with E-state index in [-0.39, 0.29) is 5.84 Å². The van der Waals surface area contributed by atoms with E-state index in [1.165, 1.54) is 19.4 Å². The van der Waals surface area contributed by atoms with E-state index in [0.29, 0.717) is 10.6 Å². The van der Waals surface area contributed by atoms with E-state index in [1.54, 1.807) is 6.07 Å². The van der Waals surface area contributed by atoms with Crippen LogP contribution in [0.3, 0.4) is 0 Å². The molecule has 0 unspecified atom stereocenters. The van der Waals surface area contributed by atoms with Gasteiger partial charge in [-0.25, -0.2) is 0 Å². The average Bonchev–Trinajstić information content (AvgIpc) is 3.24. The van der Waals surface area contributed by atoms with Gasteiger partial charge in [-0.1, -0.05) is 11.6 Å². The Kier molecular flexibility index (Phi) is 3.85. The number of benzene rings is 1. The summed E-state index contributed by atoms with van der Waals surface area (Å²) >= 11 is 6.33. The second kappa shape index (κ2) is 5.62. The molecule has 4 nitrogen and oxygen atoms in total. The van der Waals surface area contributed by atoms with Crippen molar-refractivity contribution in [2.45, 2.75) is 12.8 Å². The van der Waals surface area contributed by atoms with Gasteiger partial charge in [-0.05, 0) is 37.0 Å². The maximum absolute atomic E-state index is 7.44. The van der Waals surface area contributed by atoms with E-state index in [9.17, 15) is 0 Å². The molecule has 1 aliphatic heterocycles. The van der Waals surface area contributed by atoms with Crippen molar-refractivity contribution in [3.8, 4) is 0 Å². The summed E-state index contributed by atoms with van der Waals surface area (Å²) in [4.78, 5) is 4.89. The first-order valence-electron chi connectivity index (χ1n) is 7.25. The van der Waals surface area contributed by atoms with Gasteiger partial charge in [0.2, 0.25) is 0 Å². The monoisotopic (exact) mass is 292 g/mol. The molecule has 3 rings (SSSR count). The number of nitrogens with zero attached hydrogens (tertiary/aromatic N) is 2. The fourth-order valence-electron chi connectivity index (χ4n) is 2.77. The van der Waals surface area contributed by atoms with Crippen molar-refractivity contribution in [1.82, 2.24) is 4.90 Å². The van der Waals surface area contributed by atoms with Crippen LogP contribution < -0.4 is 10.6 Å². The fraction of sp³-hybridized carbons (Fsp3) is 0.533. The molecule has 0 amide bonds. The molecule has 0 spiro atoms. The van der Waals surface area contributed by atoms with Crippen molar-refractivity contribution in [2.24, 2.45) is 11.7 Å². The van der Waals surface area contributed by atoms with Crippen LogP contribution in [0.25, 0.3) is 0 Å². The molecular formula is C15H21ClN4. The van der Waals surface area contributed by atoms with E-state index in [4.69, 9.17) is 22.7 Å². The van der Waals surface area contributed by atoms with Crippen LogP contribution in [0.5, 0.6) is 0 Å². The third-order valence-electron chi connectivity index (χ3n) is 4.18. The van der Waals surface area contributed by atoms with E-state index in [1.807, 2.05) is 12.1 Å². The third kappa shape index (κ3) is 3.07. The van der Waals surface area contributed by atoms with Crippen molar-refractivity contribution >= 4 is 23.1 Å². The Labute approximate surface area is 125 Å². The number of hydrogen-bond donors (Lipinski definition) is 2. The number of rotatable bonds is 4. The topological polar surface area (TPSA) is 56.4 Å². The smallest absolute Gasteiger partial charge is 0.122 e. The summed E-state index contributed by atoms with van der Waals surface area (Å²) < 4.78 is 0. The van der Waals surface area contributed by atoms with Gasteiger partial charge in [-0.15, -0.1) is 0 Å². The molecule has 1 saturated heterocycles. The first-order valence-corrected chi connectivity index (χ1v) is 7.62.